The molecule has 0 aliphatic carbocycles. The van der Waals surface area contributed by atoms with Crippen LogP contribution >= 0.6 is 0 Å². The van der Waals surface area contributed by atoms with E-state index in [0.717, 1.165) is 12.2 Å². The number of nitrogens with one attached hydrogen (secondary N) is 1. The summed E-state index contributed by atoms with van der Waals surface area (Å²) in [5.41, 5.74) is 8.69. The van der Waals surface area contributed by atoms with Crippen LogP contribution in [0.2, 0.25) is 0 Å². The van der Waals surface area contributed by atoms with Crippen LogP contribution in [0.3, 0.4) is 0 Å². The highest BCUT2D eigenvalue weighted by atomic mass is 16.3. The number of anilines is 1. The van der Waals surface area contributed by atoms with Crippen LogP contribution in [0.5, 0.6) is 0 Å². The summed E-state index contributed by atoms with van der Waals surface area (Å²) in [6, 6.07) is 5.13. The Hall–Kier alpha value is -2.14. The highest BCUT2D eigenvalue weighted by molar-refractivity contribution is 6.01. The third-order valence-corrected chi connectivity index (χ3v) is 3.00. The van der Waals surface area contributed by atoms with Crippen molar-refractivity contribution in [2.45, 2.75) is 26.9 Å². The molecule has 1 aromatic carbocycles. The Morgan fingerprint density at radius 3 is 2.79 bits per heavy atom. The maximum absolute atomic E-state index is 11.7. The predicted molar refractivity (Wildman–Crippen MR) is 73.7 cm³/mol. The minimum absolute atomic E-state index is 0.0766. The number of benzene rings is 1. The molecule has 0 aliphatic rings. The molecule has 0 bridgehead atoms. The van der Waals surface area contributed by atoms with Crippen molar-refractivity contribution >= 4 is 11.5 Å². The Morgan fingerprint density at radius 1 is 1.47 bits per heavy atom. The van der Waals surface area contributed by atoms with Crippen molar-refractivity contribution in [2.75, 3.05) is 5.73 Å². The number of hydrogen-bond donors (Lipinski definition) is 3. The highest BCUT2D eigenvalue weighted by Gasteiger charge is 2.16. The average Bonchev–Trinajstić information content (AvgIpc) is 2.81. The lowest BCUT2D eigenvalue weighted by atomic mass is 10.00. The summed E-state index contributed by atoms with van der Waals surface area (Å²) < 4.78 is 0. The molecule has 0 spiro atoms. The van der Waals surface area contributed by atoms with Gasteiger partial charge in [0.15, 0.2) is 5.78 Å². The summed E-state index contributed by atoms with van der Waals surface area (Å²) >= 11 is 0. The van der Waals surface area contributed by atoms with Crippen LogP contribution in [0.1, 0.15) is 35.7 Å². The fraction of sp³-hybridized carbons (Fsp3) is 0.286. The molecule has 0 saturated heterocycles. The molecular formula is C14H17N3O2. The minimum atomic E-state index is -0.149. The molecular weight excluding hydrogens is 242 g/mol. The number of nitrogen functional groups attached to an aromatic ring is 1. The van der Waals surface area contributed by atoms with Gasteiger partial charge in [-0.1, -0.05) is 6.92 Å². The number of H-pyrrole nitrogens is 1. The number of carbonyl (C=O) groups is 1. The number of Topliss-reactive ketones (excluding diaryl/α,β-unsaturated/α-hetero) is 1. The maximum Gasteiger partial charge on any atom is 0.160 e. The van der Waals surface area contributed by atoms with E-state index in [-0.39, 0.29) is 12.4 Å². The van der Waals surface area contributed by atoms with E-state index >= 15 is 0 Å². The monoisotopic (exact) mass is 259 g/mol. The second kappa shape index (κ2) is 5.24. The van der Waals surface area contributed by atoms with Crippen molar-refractivity contribution in [3.05, 3.63) is 35.3 Å². The Morgan fingerprint density at radius 2 is 2.21 bits per heavy atom. The number of ketones is 1. The zero-order chi connectivity index (χ0) is 14.0. The van der Waals surface area contributed by atoms with E-state index in [0.29, 0.717) is 28.2 Å². The average molecular weight is 259 g/mol. The number of aryl methyl sites for hydroxylation is 1. The number of aliphatic hydroxyl groups is 1. The van der Waals surface area contributed by atoms with Crippen LogP contribution in [0.15, 0.2) is 18.2 Å². The lowest BCUT2D eigenvalue weighted by Crippen LogP contribution is -2.00. The van der Waals surface area contributed by atoms with E-state index in [1.54, 1.807) is 18.2 Å². The van der Waals surface area contributed by atoms with E-state index in [1.807, 2.05) is 6.92 Å². The summed E-state index contributed by atoms with van der Waals surface area (Å²) in [7, 11) is 0. The van der Waals surface area contributed by atoms with Gasteiger partial charge in [-0.05, 0) is 25.1 Å². The fourth-order valence-corrected chi connectivity index (χ4v) is 2.03. The minimum Gasteiger partial charge on any atom is -0.399 e. The molecule has 0 amide bonds. The standard InChI is InChI=1S/C14H17N3O2/c1-3-13-16-12(7-18)14(17-13)10-5-4-9(15)6-11(10)8(2)19/h4-6,18H,3,7,15H2,1-2H3,(H,16,17). The molecule has 100 valence electrons. The molecule has 2 rings (SSSR count). The fourth-order valence-electron chi connectivity index (χ4n) is 2.03. The van der Waals surface area contributed by atoms with E-state index < -0.39 is 0 Å². The lowest BCUT2D eigenvalue weighted by Gasteiger charge is -2.07. The smallest absolute Gasteiger partial charge is 0.160 e. The number of aliphatic hydroxyl groups excluding tert-OH is 1. The number of aromatic amines is 1. The van der Waals surface area contributed by atoms with E-state index in [1.165, 1.54) is 6.92 Å². The third kappa shape index (κ3) is 2.51. The number of rotatable bonds is 4. The number of imidazole rings is 1. The zero-order valence-corrected chi connectivity index (χ0v) is 11.0. The molecule has 0 aliphatic heterocycles. The van der Waals surface area contributed by atoms with Crippen LogP contribution < -0.4 is 5.73 Å². The molecule has 0 fully saturated rings. The molecule has 0 atom stereocenters. The zero-order valence-electron chi connectivity index (χ0n) is 11.0. The number of nitrogens with two attached hydrogens (primary N) is 1. The van der Waals surface area contributed by atoms with Gasteiger partial charge in [0.2, 0.25) is 0 Å². The Bertz CT molecular complexity index is 617. The molecule has 5 heteroatoms. The SMILES string of the molecule is CCc1nc(-c2ccc(N)cc2C(C)=O)c(CO)[nH]1. The summed E-state index contributed by atoms with van der Waals surface area (Å²) in [4.78, 5) is 19.2. The van der Waals surface area contributed by atoms with Crippen LogP contribution in [-0.4, -0.2) is 20.9 Å². The van der Waals surface area contributed by atoms with Gasteiger partial charge in [0.25, 0.3) is 0 Å². The summed E-state index contributed by atoms with van der Waals surface area (Å²) in [5, 5.41) is 9.39. The molecule has 1 heterocycles. The van der Waals surface area contributed by atoms with Crippen molar-refractivity contribution in [2.24, 2.45) is 0 Å². The van der Waals surface area contributed by atoms with Gasteiger partial charge in [0.1, 0.15) is 5.82 Å². The van der Waals surface area contributed by atoms with Gasteiger partial charge < -0.3 is 15.8 Å². The lowest BCUT2D eigenvalue weighted by molar-refractivity contribution is 0.101. The summed E-state index contributed by atoms with van der Waals surface area (Å²) in [6.07, 6.45) is 0.734. The first-order valence-corrected chi connectivity index (χ1v) is 6.16. The largest absolute Gasteiger partial charge is 0.399 e. The summed E-state index contributed by atoms with van der Waals surface area (Å²) in [6.45, 7) is 3.31. The first kappa shape index (κ1) is 13.3. The molecule has 1 aromatic heterocycles. The maximum atomic E-state index is 11.7. The van der Waals surface area contributed by atoms with Crippen LogP contribution in [-0.2, 0) is 13.0 Å². The van der Waals surface area contributed by atoms with E-state index in [2.05, 4.69) is 9.97 Å². The van der Waals surface area contributed by atoms with Crippen molar-refractivity contribution in [3.8, 4) is 11.3 Å². The number of hydrogen-bond acceptors (Lipinski definition) is 4. The number of carbonyl (C=O) groups excluding carboxylic acids is 1. The van der Waals surface area contributed by atoms with E-state index in [4.69, 9.17) is 5.73 Å². The van der Waals surface area contributed by atoms with Gasteiger partial charge in [-0.15, -0.1) is 0 Å². The first-order valence-electron chi connectivity index (χ1n) is 6.16. The van der Waals surface area contributed by atoms with Gasteiger partial charge >= 0.3 is 0 Å². The van der Waals surface area contributed by atoms with Crippen molar-refractivity contribution < 1.29 is 9.90 Å². The van der Waals surface area contributed by atoms with Gasteiger partial charge in [-0.25, -0.2) is 4.98 Å². The Labute approximate surface area is 111 Å². The number of aromatic nitrogens is 2. The van der Waals surface area contributed by atoms with E-state index in [9.17, 15) is 9.90 Å². The van der Waals surface area contributed by atoms with Crippen molar-refractivity contribution in [3.63, 3.8) is 0 Å². The van der Waals surface area contributed by atoms with Gasteiger partial charge in [0, 0.05) is 23.2 Å². The highest BCUT2D eigenvalue weighted by Crippen LogP contribution is 2.28. The van der Waals surface area contributed by atoms with Gasteiger partial charge in [-0.3, -0.25) is 4.79 Å². The Kier molecular flexibility index (Phi) is 3.66. The molecule has 0 saturated carbocycles. The predicted octanol–water partition coefficient (Wildman–Crippen LogP) is 1.92. The topological polar surface area (TPSA) is 92.0 Å². The second-order valence-electron chi connectivity index (χ2n) is 4.38. The quantitative estimate of drug-likeness (QED) is 0.577. The van der Waals surface area contributed by atoms with Crippen LogP contribution in [0, 0.1) is 0 Å². The molecule has 4 N–H and O–H groups in total. The normalized spacial score (nSPS) is 10.7. The van der Waals surface area contributed by atoms with Crippen LogP contribution in [0.25, 0.3) is 11.3 Å². The molecule has 19 heavy (non-hydrogen) atoms. The van der Waals surface area contributed by atoms with Crippen molar-refractivity contribution in [1.82, 2.24) is 9.97 Å². The second-order valence-corrected chi connectivity index (χ2v) is 4.38. The number of nitrogens with zero attached hydrogens (tertiary/aromatic N) is 1. The molecule has 2 aromatic rings. The molecule has 0 radical (unpaired) electrons. The molecule has 5 nitrogen and oxygen atoms in total. The van der Waals surface area contributed by atoms with Gasteiger partial charge in [-0.2, -0.15) is 0 Å². The van der Waals surface area contributed by atoms with Gasteiger partial charge in [0.05, 0.1) is 18.0 Å². The molecule has 0 unspecified atom stereocenters. The van der Waals surface area contributed by atoms with Crippen molar-refractivity contribution in [1.29, 1.82) is 0 Å². The van der Waals surface area contributed by atoms with Crippen LogP contribution in [0.4, 0.5) is 5.69 Å². The summed E-state index contributed by atoms with van der Waals surface area (Å²) in [5.74, 6) is 0.706. The first-order chi connectivity index (χ1) is 9.06. The third-order valence-electron chi connectivity index (χ3n) is 3.00. The Balaban J connectivity index is 2.64.